The van der Waals surface area contributed by atoms with Crippen molar-refractivity contribution in [1.29, 1.82) is 0 Å². The molecule has 2 aromatic heterocycles. The van der Waals surface area contributed by atoms with Crippen molar-refractivity contribution >= 4 is 42.4 Å². The maximum Gasteiger partial charge on any atom is 0.0534 e. The number of fused-ring (bicyclic) bond motifs is 6. The topological polar surface area (TPSA) is 4.93 Å². The molecule has 2 heterocycles. The second kappa shape index (κ2) is 8.72. The van der Waals surface area contributed by atoms with Crippen LogP contribution in [-0.2, 0) is 12.8 Å². The molecule has 0 N–H and O–H groups in total. The molecule has 5 aromatic carbocycles. The quantitative estimate of drug-likeness (QED) is 0.225. The zero-order chi connectivity index (χ0) is 25.1. The van der Waals surface area contributed by atoms with E-state index in [1.807, 2.05) is 11.3 Å². The number of aromatic nitrogens is 1. The Kier molecular flexibility index (Phi) is 5.02. The normalized spacial score (nSPS) is 15.3. The zero-order valence-electron chi connectivity index (χ0n) is 21.1. The molecule has 1 atom stereocenters. The molecular formula is C36H27NS. The largest absolute Gasteiger partial charge is 0.313 e. The average Bonchev–Trinajstić information content (AvgIpc) is 3.52. The van der Waals surface area contributed by atoms with Gasteiger partial charge in [0.2, 0.25) is 0 Å². The van der Waals surface area contributed by atoms with Gasteiger partial charge in [0, 0.05) is 36.9 Å². The predicted molar refractivity (Wildman–Crippen MR) is 163 cm³/mol. The number of thiophene rings is 1. The molecule has 182 valence electrons. The Balaban J connectivity index is 1.34. The van der Waals surface area contributed by atoms with Crippen LogP contribution in [0.15, 0.2) is 121 Å². The summed E-state index contributed by atoms with van der Waals surface area (Å²) in [6.45, 7) is 0. The van der Waals surface area contributed by atoms with E-state index in [9.17, 15) is 0 Å². The summed E-state index contributed by atoms with van der Waals surface area (Å²) in [7, 11) is 0. The Morgan fingerprint density at radius 2 is 1.37 bits per heavy atom. The van der Waals surface area contributed by atoms with Crippen molar-refractivity contribution in [3.05, 3.63) is 138 Å². The lowest BCUT2D eigenvalue weighted by Crippen LogP contribution is -2.14. The Bertz CT molecular complexity index is 1940. The molecule has 0 aliphatic heterocycles. The van der Waals surface area contributed by atoms with Gasteiger partial charge in [-0.15, -0.1) is 11.3 Å². The van der Waals surface area contributed by atoms with Gasteiger partial charge in [0.15, 0.2) is 0 Å². The van der Waals surface area contributed by atoms with Crippen LogP contribution in [0.4, 0.5) is 0 Å². The molecule has 0 bridgehead atoms. The summed E-state index contributed by atoms with van der Waals surface area (Å²) < 4.78 is 5.28. The van der Waals surface area contributed by atoms with E-state index < -0.39 is 0 Å². The van der Waals surface area contributed by atoms with Gasteiger partial charge in [-0.1, -0.05) is 91.0 Å². The first-order valence-corrected chi connectivity index (χ1v) is 14.3. The molecule has 1 nitrogen and oxygen atoms in total. The first-order chi connectivity index (χ1) is 18.8. The maximum absolute atomic E-state index is 2.56. The van der Waals surface area contributed by atoms with Gasteiger partial charge in [-0.05, 0) is 77.8 Å². The van der Waals surface area contributed by atoms with Crippen molar-refractivity contribution in [2.75, 3.05) is 0 Å². The van der Waals surface area contributed by atoms with E-state index in [-0.39, 0.29) is 0 Å². The summed E-state index contributed by atoms with van der Waals surface area (Å²) >= 11 is 1.90. The van der Waals surface area contributed by atoms with Crippen molar-refractivity contribution in [2.45, 2.75) is 25.2 Å². The molecule has 0 amide bonds. The summed E-state index contributed by atoms with van der Waals surface area (Å²) in [5, 5.41) is 4.12. The Morgan fingerprint density at radius 3 is 2.24 bits per heavy atom. The highest BCUT2D eigenvalue weighted by atomic mass is 32.1. The van der Waals surface area contributed by atoms with Gasteiger partial charge < -0.3 is 4.57 Å². The van der Waals surface area contributed by atoms with Crippen LogP contribution >= 0.6 is 11.3 Å². The lowest BCUT2D eigenvalue weighted by atomic mass is 9.82. The van der Waals surface area contributed by atoms with Crippen LogP contribution in [0.1, 0.15) is 29.2 Å². The molecule has 8 rings (SSSR count). The molecule has 1 aliphatic carbocycles. The van der Waals surface area contributed by atoms with Gasteiger partial charge in [0.1, 0.15) is 0 Å². The number of hydrogen-bond acceptors (Lipinski definition) is 1. The summed E-state index contributed by atoms with van der Waals surface area (Å²) in [5.41, 5.74) is 9.64. The molecule has 0 saturated carbocycles. The fraction of sp³-hybridized carbons (Fsp3) is 0.111. The van der Waals surface area contributed by atoms with Crippen molar-refractivity contribution in [2.24, 2.45) is 0 Å². The van der Waals surface area contributed by atoms with Crippen LogP contribution in [0.25, 0.3) is 47.9 Å². The summed E-state index contributed by atoms with van der Waals surface area (Å²) in [4.78, 5) is 0. The standard InChI is InChI=1S/C36H27NS/c1-3-9-24(10-4-1)26-15-19-33-31(21-26)32-22-27(25-11-5-2-6-12-25)16-20-34(32)37(33)28-17-18-30-29-13-7-8-14-35(29)38-36(30)23-28/h1-15,17-19,21,23,27H,16,20,22H2. The molecule has 2 heteroatoms. The molecule has 1 unspecified atom stereocenters. The lowest BCUT2D eigenvalue weighted by Gasteiger charge is -2.24. The monoisotopic (exact) mass is 505 g/mol. The maximum atomic E-state index is 2.56. The molecule has 0 saturated heterocycles. The third kappa shape index (κ3) is 3.44. The summed E-state index contributed by atoms with van der Waals surface area (Å²) in [6.07, 6.45) is 3.37. The van der Waals surface area contributed by atoms with E-state index >= 15 is 0 Å². The smallest absolute Gasteiger partial charge is 0.0534 e. The number of benzene rings is 5. The average molecular weight is 506 g/mol. The number of rotatable bonds is 3. The van der Waals surface area contributed by atoms with Crippen LogP contribution in [-0.4, -0.2) is 4.57 Å². The molecule has 38 heavy (non-hydrogen) atoms. The second-order valence-corrected chi connectivity index (χ2v) is 11.6. The van der Waals surface area contributed by atoms with Gasteiger partial charge >= 0.3 is 0 Å². The molecule has 0 spiro atoms. The molecule has 1 aliphatic rings. The van der Waals surface area contributed by atoms with Gasteiger partial charge in [0.25, 0.3) is 0 Å². The molecular weight excluding hydrogens is 478 g/mol. The SMILES string of the molecule is c1ccc(-c2ccc3c(c2)c2c(n3-c3ccc4c(c3)sc3ccccc34)CCC(c3ccccc3)C2)cc1. The van der Waals surface area contributed by atoms with E-state index in [0.717, 1.165) is 12.8 Å². The molecule has 0 fully saturated rings. The van der Waals surface area contributed by atoms with Crippen LogP contribution < -0.4 is 0 Å². The van der Waals surface area contributed by atoms with Crippen molar-refractivity contribution in [3.8, 4) is 16.8 Å². The van der Waals surface area contributed by atoms with Gasteiger partial charge in [-0.25, -0.2) is 0 Å². The van der Waals surface area contributed by atoms with Crippen LogP contribution in [0.3, 0.4) is 0 Å². The minimum Gasteiger partial charge on any atom is -0.313 e. The first kappa shape index (κ1) is 21.9. The molecule has 0 radical (unpaired) electrons. The van der Waals surface area contributed by atoms with Crippen LogP contribution in [0.2, 0.25) is 0 Å². The number of nitrogens with zero attached hydrogens (tertiary/aromatic N) is 1. The van der Waals surface area contributed by atoms with E-state index in [0.29, 0.717) is 5.92 Å². The van der Waals surface area contributed by atoms with Crippen molar-refractivity contribution in [1.82, 2.24) is 4.57 Å². The van der Waals surface area contributed by atoms with Gasteiger partial charge in [-0.3, -0.25) is 0 Å². The van der Waals surface area contributed by atoms with Gasteiger partial charge in [0.05, 0.1) is 5.52 Å². The fourth-order valence-electron chi connectivity index (χ4n) is 6.53. The predicted octanol–water partition coefficient (Wildman–Crippen LogP) is 9.94. The summed E-state index contributed by atoms with van der Waals surface area (Å²) in [5.74, 6) is 0.563. The van der Waals surface area contributed by atoms with E-state index in [4.69, 9.17) is 0 Å². The minimum atomic E-state index is 0.563. The first-order valence-electron chi connectivity index (χ1n) is 13.5. The fourth-order valence-corrected chi connectivity index (χ4v) is 7.67. The van der Waals surface area contributed by atoms with Gasteiger partial charge in [-0.2, -0.15) is 0 Å². The van der Waals surface area contributed by atoms with Crippen molar-refractivity contribution in [3.63, 3.8) is 0 Å². The van der Waals surface area contributed by atoms with E-state index in [2.05, 4.69) is 126 Å². The Morgan fingerprint density at radius 1 is 0.605 bits per heavy atom. The van der Waals surface area contributed by atoms with Crippen molar-refractivity contribution < 1.29 is 0 Å². The summed E-state index contributed by atoms with van der Waals surface area (Å²) in [6, 6.07) is 44.8. The highest BCUT2D eigenvalue weighted by Gasteiger charge is 2.27. The highest BCUT2D eigenvalue weighted by Crippen LogP contribution is 2.42. The molecule has 7 aromatic rings. The Hall–Kier alpha value is -4.14. The van der Waals surface area contributed by atoms with Crippen LogP contribution in [0.5, 0.6) is 0 Å². The third-order valence-corrected chi connectivity index (χ3v) is 9.49. The lowest BCUT2D eigenvalue weighted by molar-refractivity contribution is 0.575. The zero-order valence-corrected chi connectivity index (χ0v) is 21.9. The van der Waals surface area contributed by atoms with E-state index in [1.165, 1.54) is 71.1 Å². The number of hydrogen-bond donors (Lipinski definition) is 0. The highest BCUT2D eigenvalue weighted by molar-refractivity contribution is 7.25. The van der Waals surface area contributed by atoms with Crippen LogP contribution in [0, 0.1) is 0 Å². The second-order valence-electron chi connectivity index (χ2n) is 10.5. The Labute approximate surface area is 226 Å². The third-order valence-electron chi connectivity index (χ3n) is 8.36. The minimum absolute atomic E-state index is 0.563. The van der Waals surface area contributed by atoms with E-state index in [1.54, 1.807) is 0 Å².